The van der Waals surface area contributed by atoms with Crippen LogP contribution in [0.4, 0.5) is 10.1 Å². The van der Waals surface area contributed by atoms with E-state index in [0.717, 1.165) is 53.6 Å². The maximum Gasteiger partial charge on any atom is 0.306 e. The van der Waals surface area contributed by atoms with Gasteiger partial charge in [0.05, 0.1) is 63.1 Å². The lowest BCUT2D eigenvalue weighted by Crippen LogP contribution is -2.47. The molecular weight excluding hydrogens is 814 g/mol. The van der Waals surface area contributed by atoms with Crippen LogP contribution in [0.5, 0.6) is 0 Å². The number of Topliss-reactive ketones (excluding diaryl/α,β-unsaturated/α-hetero) is 2. The number of halogens is 1. The van der Waals surface area contributed by atoms with Gasteiger partial charge < -0.3 is 24.2 Å². The number of ketones is 2. The van der Waals surface area contributed by atoms with Crippen molar-refractivity contribution < 1.29 is 42.6 Å². The molecule has 3 heterocycles. The first kappa shape index (κ1) is 48.1. The van der Waals surface area contributed by atoms with E-state index in [1.54, 1.807) is 21.9 Å². The van der Waals surface area contributed by atoms with Gasteiger partial charge in [-0.3, -0.25) is 28.8 Å². The van der Waals surface area contributed by atoms with Gasteiger partial charge in [0.15, 0.2) is 11.6 Å². The Morgan fingerprint density at radius 1 is 0.578 bits per heavy atom. The average molecular weight is 880 g/mol. The molecule has 6 atom stereocenters. The number of ether oxygens (including phenoxy) is 2. The van der Waals surface area contributed by atoms with Gasteiger partial charge in [0, 0.05) is 31.6 Å². The molecule has 11 nitrogen and oxygen atoms in total. The largest absolute Gasteiger partial charge is 0.469 e. The second kappa shape index (κ2) is 20.2. The van der Waals surface area contributed by atoms with E-state index in [9.17, 15) is 33.2 Å². The number of hydrogen-bond acceptors (Lipinski definition) is 9. The molecular formula is C52H66FN3O8. The molecule has 344 valence electrons. The van der Waals surface area contributed by atoms with E-state index in [4.69, 9.17) is 9.47 Å². The molecule has 3 aromatic carbocycles. The van der Waals surface area contributed by atoms with Crippen LogP contribution in [0.1, 0.15) is 127 Å². The number of nitrogens with zero attached hydrogens (tertiary/aromatic N) is 3. The van der Waals surface area contributed by atoms with Crippen molar-refractivity contribution in [1.29, 1.82) is 0 Å². The lowest BCUT2D eigenvalue weighted by Gasteiger charge is -2.34. The van der Waals surface area contributed by atoms with E-state index in [1.165, 1.54) is 26.4 Å². The molecule has 3 aliphatic rings. The molecule has 0 aliphatic carbocycles. The van der Waals surface area contributed by atoms with E-state index >= 15 is 0 Å². The topological polar surface area (TPSA) is 131 Å². The van der Waals surface area contributed by atoms with Crippen molar-refractivity contribution in [2.24, 2.45) is 22.7 Å². The molecule has 64 heavy (non-hydrogen) atoms. The van der Waals surface area contributed by atoms with Crippen molar-refractivity contribution >= 4 is 41.0 Å². The highest BCUT2D eigenvalue weighted by atomic mass is 19.1. The van der Waals surface area contributed by atoms with Crippen LogP contribution in [0.3, 0.4) is 0 Å². The number of methoxy groups -OCH3 is 2. The summed E-state index contributed by atoms with van der Waals surface area (Å²) in [5.74, 6) is -2.84. The number of esters is 2. The normalized spacial score (nSPS) is 21.1. The van der Waals surface area contributed by atoms with Crippen molar-refractivity contribution in [3.05, 3.63) is 101 Å². The van der Waals surface area contributed by atoms with Crippen molar-refractivity contribution in [1.82, 2.24) is 9.80 Å². The monoisotopic (exact) mass is 879 g/mol. The molecule has 0 aromatic heterocycles. The predicted molar refractivity (Wildman–Crippen MR) is 243 cm³/mol. The number of benzene rings is 3. The van der Waals surface area contributed by atoms with E-state index < -0.39 is 46.7 Å². The fourth-order valence-corrected chi connectivity index (χ4v) is 9.95. The third kappa shape index (κ3) is 11.1. The van der Waals surface area contributed by atoms with Gasteiger partial charge in [-0.1, -0.05) is 90.1 Å². The summed E-state index contributed by atoms with van der Waals surface area (Å²) in [6.45, 7) is 12.5. The summed E-state index contributed by atoms with van der Waals surface area (Å²) in [7, 11) is 2.63. The number of carbonyl (C=O) groups is 6. The van der Waals surface area contributed by atoms with Gasteiger partial charge in [0.2, 0.25) is 11.8 Å². The number of hydrogen-bond donors (Lipinski definition) is 0. The lowest BCUT2D eigenvalue weighted by atomic mass is 9.77. The summed E-state index contributed by atoms with van der Waals surface area (Å²) in [6.07, 6.45) is 4.56. The number of rotatable bonds is 15. The summed E-state index contributed by atoms with van der Waals surface area (Å²) in [6, 6.07) is 21.5. The Kier molecular flexibility index (Phi) is 15.2. The van der Waals surface area contributed by atoms with Crippen LogP contribution < -0.4 is 4.90 Å². The van der Waals surface area contributed by atoms with Crippen LogP contribution in [0.2, 0.25) is 0 Å². The lowest BCUT2D eigenvalue weighted by molar-refractivity contribution is -0.151. The maximum absolute atomic E-state index is 14.2. The number of likely N-dealkylation sites (tertiary alicyclic amines) is 2. The highest BCUT2D eigenvalue weighted by Crippen LogP contribution is 2.47. The molecule has 0 N–H and O–H groups in total. The Hall–Kier alpha value is -5.39. The molecule has 3 aromatic rings. The van der Waals surface area contributed by atoms with Gasteiger partial charge in [0.25, 0.3) is 0 Å². The highest BCUT2D eigenvalue weighted by molar-refractivity contribution is 5.94. The summed E-state index contributed by atoms with van der Waals surface area (Å²) in [4.78, 5) is 85.4. The Morgan fingerprint density at radius 3 is 1.30 bits per heavy atom. The van der Waals surface area contributed by atoms with Crippen LogP contribution >= 0.6 is 0 Å². The molecule has 3 aliphatic heterocycles. The first-order valence-corrected chi connectivity index (χ1v) is 22.8. The first-order valence-electron chi connectivity index (χ1n) is 22.8. The zero-order chi connectivity index (χ0) is 46.5. The molecule has 12 heteroatoms. The number of carbonyl (C=O) groups excluding carboxylic acids is 6. The average Bonchev–Trinajstić information content (AvgIpc) is 4.05. The zero-order valence-corrected chi connectivity index (χ0v) is 38.9. The second-order valence-electron chi connectivity index (χ2n) is 20.0. The molecule has 0 radical (unpaired) electrons. The predicted octanol–water partition coefficient (Wildman–Crippen LogP) is 8.56. The van der Waals surface area contributed by atoms with Gasteiger partial charge >= 0.3 is 11.9 Å². The Balaban J connectivity index is 1.14. The van der Waals surface area contributed by atoms with Gasteiger partial charge in [-0.15, -0.1) is 0 Å². The summed E-state index contributed by atoms with van der Waals surface area (Å²) in [5.41, 5.74) is 3.73. The van der Waals surface area contributed by atoms with Gasteiger partial charge in [-0.25, -0.2) is 4.39 Å². The zero-order valence-electron chi connectivity index (χ0n) is 38.9. The molecule has 0 saturated carbocycles. The second-order valence-corrected chi connectivity index (χ2v) is 20.0. The minimum absolute atomic E-state index is 0.0257. The summed E-state index contributed by atoms with van der Waals surface area (Å²) >= 11 is 0. The van der Waals surface area contributed by atoms with E-state index in [2.05, 4.69) is 29.2 Å². The highest BCUT2D eigenvalue weighted by Gasteiger charge is 2.44. The third-order valence-corrected chi connectivity index (χ3v) is 13.7. The molecule has 3 saturated heterocycles. The Morgan fingerprint density at radius 2 is 0.953 bits per heavy atom. The molecule has 3 fully saturated rings. The van der Waals surface area contributed by atoms with Crippen molar-refractivity contribution in [3.8, 4) is 0 Å². The minimum atomic E-state index is -0.602. The van der Waals surface area contributed by atoms with Crippen molar-refractivity contribution in [2.75, 3.05) is 32.2 Å². The SMILES string of the molecule is COC(=O)C[C@H](C(=O)N1CCC[C@H]1C(=O)Cc1ccc([C@@H]2CC[C@@H](c3ccc(CC(=O)[C@@H]4CCCN4C(=O)[C@@H](CC(=O)OC)C(C)(C)C)cc3)N2c2ccc(F)cc2)cc1)C(C)(C)C. The first-order chi connectivity index (χ1) is 30.3. The number of anilines is 1. The molecule has 0 spiro atoms. The van der Waals surface area contributed by atoms with Crippen LogP contribution in [-0.4, -0.2) is 84.5 Å². The van der Waals surface area contributed by atoms with Crippen LogP contribution in [0.15, 0.2) is 72.8 Å². The Labute approximate surface area is 378 Å². The standard InChI is InChI=1S/C52H66FN3O8/c1-51(2,3)39(31-47(59)63-7)49(61)54-27-9-11-43(54)45(57)29-33-13-17-35(18-14-33)41-25-26-42(56(41)38-23-21-37(53)22-24-38)36-19-15-34(16-20-36)30-46(58)44-12-10-28-55(44)50(62)40(52(4,5)6)32-48(60)64-8/h13-24,39-44H,9-12,25-32H2,1-8H3/t39-,40-,41+,42+,43+,44+/m1/s1. The minimum Gasteiger partial charge on any atom is -0.469 e. The van der Waals surface area contributed by atoms with Crippen LogP contribution in [0.25, 0.3) is 0 Å². The third-order valence-electron chi connectivity index (χ3n) is 13.7. The fraction of sp³-hybridized carbons (Fsp3) is 0.538. The molecule has 0 unspecified atom stereocenters. The van der Waals surface area contributed by atoms with E-state index in [-0.39, 0.29) is 67.0 Å². The van der Waals surface area contributed by atoms with Crippen LogP contribution in [-0.2, 0) is 51.1 Å². The molecule has 2 amide bonds. The van der Waals surface area contributed by atoms with E-state index in [0.29, 0.717) is 25.9 Å². The van der Waals surface area contributed by atoms with Gasteiger partial charge in [-0.05, 0) is 95.9 Å². The maximum atomic E-state index is 14.2. The summed E-state index contributed by atoms with van der Waals surface area (Å²) in [5, 5.41) is 0. The van der Waals surface area contributed by atoms with Crippen molar-refractivity contribution in [3.63, 3.8) is 0 Å². The summed E-state index contributed by atoms with van der Waals surface area (Å²) < 4.78 is 24.0. The van der Waals surface area contributed by atoms with Gasteiger partial charge in [0.1, 0.15) is 5.82 Å². The fourth-order valence-electron chi connectivity index (χ4n) is 9.95. The smallest absolute Gasteiger partial charge is 0.306 e. The van der Waals surface area contributed by atoms with E-state index in [1.807, 2.05) is 65.8 Å². The van der Waals surface area contributed by atoms with Gasteiger partial charge in [-0.2, -0.15) is 0 Å². The molecule has 6 rings (SSSR count). The Bertz CT molecular complexity index is 2030. The number of amides is 2. The van der Waals surface area contributed by atoms with Crippen molar-refractivity contribution in [2.45, 2.75) is 130 Å². The van der Waals surface area contributed by atoms with Crippen LogP contribution in [0, 0.1) is 28.5 Å². The molecule has 0 bridgehead atoms. The quantitative estimate of drug-likeness (QED) is 0.138.